The molecule has 0 radical (unpaired) electrons. The number of aryl methyl sites for hydroxylation is 1. The maximum atomic E-state index is 12.6. The minimum Gasteiger partial charge on any atom is -0.325 e. The van der Waals surface area contributed by atoms with Gasteiger partial charge in [0.15, 0.2) is 0 Å². The lowest BCUT2D eigenvalue weighted by atomic mass is 9.99. The van der Waals surface area contributed by atoms with E-state index in [0.717, 1.165) is 22.3 Å². The minimum absolute atomic E-state index is 0.0275. The molecule has 0 saturated carbocycles. The Balaban J connectivity index is 1.78. The van der Waals surface area contributed by atoms with Gasteiger partial charge in [0.05, 0.1) is 17.5 Å². The number of primary sulfonamides is 1. The second-order valence-corrected chi connectivity index (χ2v) is 8.70. The van der Waals surface area contributed by atoms with E-state index >= 15 is 0 Å². The number of sulfonamides is 1. The van der Waals surface area contributed by atoms with E-state index in [2.05, 4.69) is 10.6 Å². The highest BCUT2D eigenvalue weighted by Gasteiger charge is 2.17. The lowest BCUT2D eigenvalue weighted by Gasteiger charge is -2.20. The summed E-state index contributed by atoms with van der Waals surface area (Å²) < 4.78 is 23.4. The molecule has 3 aromatic carbocycles. The second kappa shape index (κ2) is 9.21. The van der Waals surface area contributed by atoms with Gasteiger partial charge in [0, 0.05) is 5.69 Å². The van der Waals surface area contributed by atoms with Crippen molar-refractivity contribution in [1.29, 1.82) is 0 Å². The molecular weight excluding hydrogens is 398 g/mol. The molecule has 0 bridgehead atoms. The molecular formula is C23H25N3O3S. The van der Waals surface area contributed by atoms with Gasteiger partial charge >= 0.3 is 0 Å². The number of hydrogen-bond acceptors (Lipinski definition) is 4. The largest absolute Gasteiger partial charge is 0.325 e. The molecule has 156 valence electrons. The average Bonchev–Trinajstić information content (AvgIpc) is 2.72. The van der Waals surface area contributed by atoms with Gasteiger partial charge in [-0.2, -0.15) is 0 Å². The zero-order chi connectivity index (χ0) is 21.7. The molecule has 0 aliphatic rings. The number of nitrogens with two attached hydrogens (primary N) is 1. The highest BCUT2D eigenvalue weighted by molar-refractivity contribution is 7.89. The third-order valence-electron chi connectivity index (χ3n) is 4.98. The third kappa shape index (κ3) is 5.33. The van der Waals surface area contributed by atoms with Gasteiger partial charge in [-0.05, 0) is 48.2 Å². The number of hydrogen-bond donors (Lipinski definition) is 3. The molecule has 6 nitrogen and oxygen atoms in total. The number of amides is 1. The van der Waals surface area contributed by atoms with Gasteiger partial charge in [-0.15, -0.1) is 0 Å². The maximum Gasteiger partial charge on any atom is 0.238 e. The molecule has 1 amide bonds. The summed E-state index contributed by atoms with van der Waals surface area (Å²) in [5.74, 6) is -0.277. The van der Waals surface area contributed by atoms with Crippen LogP contribution in [0.15, 0.2) is 77.7 Å². The molecule has 0 unspecified atom stereocenters. The fraction of sp³-hybridized carbons (Fsp3) is 0.174. The second-order valence-electron chi connectivity index (χ2n) is 7.14. The Morgan fingerprint density at radius 3 is 1.97 bits per heavy atom. The van der Waals surface area contributed by atoms with Crippen molar-refractivity contribution >= 4 is 21.6 Å². The number of carbonyl (C=O) groups excluding carboxylic acids is 1. The van der Waals surface area contributed by atoms with Crippen molar-refractivity contribution in [2.24, 2.45) is 5.14 Å². The van der Waals surface area contributed by atoms with Gasteiger partial charge in [0.1, 0.15) is 0 Å². The first kappa shape index (κ1) is 21.7. The van der Waals surface area contributed by atoms with Crippen LogP contribution >= 0.6 is 0 Å². The Bertz CT molecular complexity index is 1090. The van der Waals surface area contributed by atoms with Crippen LogP contribution in [0.1, 0.15) is 28.3 Å². The quantitative estimate of drug-likeness (QED) is 0.543. The van der Waals surface area contributed by atoms with Gasteiger partial charge < -0.3 is 5.32 Å². The summed E-state index contributed by atoms with van der Waals surface area (Å²) in [7, 11) is -3.87. The molecule has 0 aliphatic carbocycles. The highest BCUT2D eigenvalue weighted by Crippen LogP contribution is 2.24. The van der Waals surface area contributed by atoms with Crippen molar-refractivity contribution in [3.8, 4) is 0 Å². The Morgan fingerprint density at radius 2 is 1.47 bits per heavy atom. The first-order valence-electron chi connectivity index (χ1n) is 9.53. The van der Waals surface area contributed by atoms with Gasteiger partial charge in [-0.1, -0.05) is 60.7 Å². The van der Waals surface area contributed by atoms with E-state index in [1.807, 2.05) is 67.6 Å². The molecule has 0 aromatic heterocycles. The van der Waals surface area contributed by atoms with E-state index in [0.29, 0.717) is 5.69 Å². The summed E-state index contributed by atoms with van der Waals surface area (Å²) in [6, 6.07) is 22.5. The predicted molar refractivity (Wildman–Crippen MR) is 119 cm³/mol. The van der Waals surface area contributed by atoms with Crippen LogP contribution in [0, 0.1) is 13.8 Å². The smallest absolute Gasteiger partial charge is 0.238 e. The van der Waals surface area contributed by atoms with Crippen LogP contribution in [0.2, 0.25) is 0 Å². The molecule has 3 rings (SSSR count). The Hall–Kier alpha value is -3.00. The lowest BCUT2D eigenvalue weighted by Crippen LogP contribution is -2.32. The molecule has 30 heavy (non-hydrogen) atoms. The zero-order valence-electron chi connectivity index (χ0n) is 16.9. The fourth-order valence-electron chi connectivity index (χ4n) is 3.23. The van der Waals surface area contributed by atoms with Crippen molar-refractivity contribution in [2.45, 2.75) is 24.8 Å². The van der Waals surface area contributed by atoms with Gasteiger partial charge in [-0.25, -0.2) is 13.6 Å². The molecule has 0 aliphatic heterocycles. The van der Waals surface area contributed by atoms with Crippen LogP contribution in [0.5, 0.6) is 0 Å². The molecule has 0 fully saturated rings. The fourth-order valence-corrected chi connectivity index (χ4v) is 3.85. The zero-order valence-corrected chi connectivity index (χ0v) is 17.7. The van der Waals surface area contributed by atoms with Crippen LogP contribution in [0.4, 0.5) is 5.69 Å². The summed E-state index contributed by atoms with van der Waals surface area (Å²) in [5, 5.41) is 11.3. The number of carbonyl (C=O) groups is 1. The highest BCUT2D eigenvalue weighted by atomic mass is 32.2. The summed E-state index contributed by atoms with van der Waals surface area (Å²) in [4.78, 5) is 12.6. The van der Waals surface area contributed by atoms with Crippen molar-refractivity contribution in [1.82, 2.24) is 5.32 Å². The molecule has 4 N–H and O–H groups in total. The van der Waals surface area contributed by atoms with Gasteiger partial charge in [-0.3, -0.25) is 10.1 Å². The predicted octanol–water partition coefficient (Wildman–Crippen LogP) is 3.27. The Labute approximate surface area is 177 Å². The normalized spacial score (nSPS) is 11.5. The summed E-state index contributed by atoms with van der Waals surface area (Å²) >= 11 is 0. The lowest BCUT2D eigenvalue weighted by molar-refractivity contribution is -0.115. The van der Waals surface area contributed by atoms with Crippen LogP contribution in [-0.4, -0.2) is 20.9 Å². The van der Waals surface area contributed by atoms with Crippen molar-refractivity contribution < 1.29 is 13.2 Å². The summed E-state index contributed by atoms with van der Waals surface area (Å²) in [6.45, 7) is 3.65. The molecule has 7 heteroatoms. The number of benzene rings is 3. The van der Waals surface area contributed by atoms with E-state index in [4.69, 9.17) is 5.14 Å². The van der Waals surface area contributed by atoms with Crippen LogP contribution < -0.4 is 15.8 Å². The average molecular weight is 424 g/mol. The van der Waals surface area contributed by atoms with Crippen LogP contribution in [-0.2, 0) is 14.8 Å². The molecule has 0 atom stereocenters. The Morgan fingerprint density at radius 1 is 0.933 bits per heavy atom. The van der Waals surface area contributed by atoms with E-state index in [9.17, 15) is 13.2 Å². The Kier molecular flexibility index (Phi) is 6.66. The van der Waals surface area contributed by atoms with E-state index in [1.165, 1.54) is 12.1 Å². The minimum atomic E-state index is -3.87. The van der Waals surface area contributed by atoms with Crippen molar-refractivity contribution in [2.75, 3.05) is 11.9 Å². The van der Waals surface area contributed by atoms with E-state index in [-0.39, 0.29) is 23.4 Å². The molecule has 0 spiro atoms. The van der Waals surface area contributed by atoms with E-state index < -0.39 is 10.0 Å². The van der Waals surface area contributed by atoms with Crippen LogP contribution in [0.25, 0.3) is 0 Å². The van der Waals surface area contributed by atoms with E-state index in [1.54, 1.807) is 6.92 Å². The van der Waals surface area contributed by atoms with Crippen LogP contribution in [0.3, 0.4) is 0 Å². The van der Waals surface area contributed by atoms with Gasteiger partial charge in [0.2, 0.25) is 15.9 Å². The number of rotatable bonds is 7. The maximum absolute atomic E-state index is 12.6. The summed E-state index contributed by atoms with van der Waals surface area (Å²) in [6.07, 6.45) is 0. The number of anilines is 1. The first-order valence-corrected chi connectivity index (χ1v) is 11.1. The summed E-state index contributed by atoms with van der Waals surface area (Å²) in [5.41, 5.74) is 4.04. The molecule has 3 aromatic rings. The van der Waals surface area contributed by atoms with Crippen molar-refractivity contribution in [3.63, 3.8) is 0 Å². The SMILES string of the molecule is Cc1cc(S(N)(=O)=O)cc(NC(=O)CNC(c2ccccc2)c2ccccc2)c1C. The first-order chi connectivity index (χ1) is 14.3. The number of nitrogens with one attached hydrogen (secondary N) is 2. The molecule has 0 heterocycles. The topological polar surface area (TPSA) is 101 Å². The monoisotopic (exact) mass is 423 g/mol. The standard InChI is InChI=1S/C23H25N3O3S/c1-16-13-20(30(24,28)29)14-21(17(16)2)26-22(27)15-25-23(18-9-5-3-6-10-18)19-11-7-4-8-12-19/h3-14,23,25H,15H2,1-2H3,(H,26,27)(H2,24,28,29). The molecule has 0 saturated heterocycles. The van der Waals surface area contributed by atoms with Gasteiger partial charge in [0.25, 0.3) is 0 Å². The third-order valence-corrected chi connectivity index (χ3v) is 5.87. The van der Waals surface area contributed by atoms with Crippen molar-refractivity contribution in [3.05, 3.63) is 95.1 Å².